The first kappa shape index (κ1) is 21.7. The van der Waals surface area contributed by atoms with E-state index in [-0.39, 0.29) is 5.91 Å². The van der Waals surface area contributed by atoms with Gasteiger partial charge in [-0.2, -0.15) is 4.98 Å². The fraction of sp³-hybridized carbons (Fsp3) is 0.280. The highest BCUT2D eigenvalue weighted by Crippen LogP contribution is 2.29. The molecule has 0 aliphatic carbocycles. The quantitative estimate of drug-likeness (QED) is 0.480. The Kier molecular flexibility index (Phi) is 5.75. The van der Waals surface area contributed by atoms with Crippen LogP contribution in [0.5, 0.6) is 5.75 Å². The molecule has 9 nitrogen and oxygen atoms in total. The first-order valence-corrected chi connectivity index (χ1v) is 11.2. The third-order valence-corrected chi connectivity index (χ3v) is 5.99. The minimum Gasteiger partial charge on any atom is -0.495 e. The van der Waals surface area contributed by atoms with E-state index in [1.165, 1.54) is 0 Å². The number of benzene rings is 2. The number of amides is 1. The van der Waals surface area contributed by atoms with Crippen molar-refractivity contribution in [3.8, 4) is 5.75 Å². The van der Waals surface area contributed by atoms with E-state index < -0.39 is 0 Å². The molecule has 9 heteroatoms. The van der Waals surface area contributed by atoms with E-state index in [4.69, 9.17) is 9.15 Å². The van der Waals surface area contributed by atoms with Crippen LogP contribution in [0, 0.1) is 13.8 Å². The van der Waals surface area contributed by atoms with Crippen LogP contribution in [0.3, 0.4) is 0 Å². The second-order valence-electron chi connectivity index (χ2n) is 8.16. The van der Waals surface area contributed by atoms with E-state index >= 15 is 0 Å². The number of carbonyl (C=O) groups excluding carboxylic acids is 1. The van der Waals surface area contributed by atoms with Crippen LogP contribution in [0.25, 0.3) is 11.1 Å². The Labute approximate surface area is 197 Å². The highest BCUT2D eigenvalue weighted by molar-refractivity contribution is 5.96. The summed E-state index contributed by atoms with van der Waals surface area (Å²) in [7, 11) is 1.67. The highest BCUT2D eigenvalue weighted by atomic mass is 16.5. The monoisotopic (exact) mass is 458 g/mol. The number of aromatic nitrogens is 3. The minimum atomic E-state index is -0.0527. The predicted molar refractivity (Wildman–Crippen MR) is 130 cm³/mol. The van der Waals surface area contributed by atoms with Gasteiger partial charge < -0.3 is 19.0 Å². The molecule has 1 fully saturated rings. The number of rotatable bonds is 5. The Bertz CT molecular complexity index is 1290. The van der Waals surface area contributed by atoms with Gasteiger partial charge in [-0.15, -0.1) is 0 Å². The Morgan fingerprint density at radius 3 is 2.32 bits per heavy atom. The molecule has 1 aliphatic heterocycles. The predicted octanol–water partition coefficient (Wildman–Crippen LogP) is 3.95. The third kappa shape index (κ3) is 4.12. The molecule has 3 heterocycles. The molecule has 1 aliphatic rings. The zero-order valence-electron chi connectivity index (χ0n) is 19.4. The van der Waals surface area contributed by atoms with Crippen molar-refractivity contribution in [1.82, 2.24) is 19.9 Å². The molecule has 2 aromatic carbocycles. The van der Waals surface area contributed by atoms with Crippen molar-refractivity contribution in [3.05, 3.63) is 65.5 Å². The standard InChI is InChI=1S/C25H26N6O3/c1-16-22(17(2)27-24(26-16)29-25-28-18-8-4-6-10-20(18)34-25)23(32)31-14-12-30(13-15-31)19-9-5-7-11-21(19)33-3/h4-11H,12-15H2,1-3H3,(H,26,27,28,29). The number of aryl methyl sites for hydroxylation is 2. The largest absolute Gasteiger partial charge is 0.495 e. The van der Waals surface area contributed by atoms with Crippen molar-refractivity contribution in [3.63, 3.8) is 0 Å². The third-order valence-electron chi connectivity index (χ3n) is 5.99. The number of oxazole rings is 1. The number of anilines is 3. The molecule has 5 rings (SSSR count). The fourth-order valence-corrected chi connectivity index (χ4v) is 4.30. The number of fused-ring (bicyclic) bond motifs is 1. The maximum Gasteiger partial charge on any atom is 0.302 e. The highest BCUT2D eigenvalue weighted by Gasteiger charge is 2.27. The first-order chi connectivity index (χ1) is 16.5. The summed E-state index contributed by atoms with van der Waals surface area (Å²) in [5, 5.41) is 3.01. The minimum absolute atomic E-state index is 0.0527. The molecule has 174 valence electrons. The van der Waals surface area contributed by atoms with Crippen molar-refractivity contribution in [1.29, 1.82) is 0 Å². The normalized spacial score (nSPS) is 13.9. The summed E-state index contributed by atoms with van der Waals surface area (Å²) >= 11 is 0. The van der Waals surface area contributed by atoms with Crippen LogP contribution in [0.2, 0.25) is 0 Å². The van der Waals surface area contributed by atoms with Gasteiger partial charge in [-0.05, 0) is 38.1 Å². The van der Waals surface area contributed by atoms with Gasteiger partial charge in [-0.25, -0.2) is 9.97 Å². The summed E-state index contributed by atoms with van der Waals surface area (Å²) in [6.07, 6.45) is 0. The number of methoxy groups -OCH3 is 1. The fourth-order valence-electron chi connectivity index (χ4n) is 4.30. The lowest BCUT2D eigenvalue weighted by atomic mass is 10.1. The van der Waals surface area contributed by atoms with Gasteiger partial charge in [0, 0.05) is 26.2 Å². The lowest BCUT2D eigenvalue weighted by Crippen LogP contribution is -2.49. The Balaban J connectivity index is 1.29. The second kappa shape index (κ2) is 9.01. The summed E-state index contributed by atoms with van der Waals surface area (Å²) in [6.45, 7) is 6.32. The number of nitrogens with zero attached hydrogens (tertiary/aromatic N) is 5. The molecule has 34 heavy (non-hydrogen) atoms. The Morgan fingerprint density at radius 2 is 1.62 bits per heavy atom. The number of hydrogen-bond acceptors (Lipinski definition) is 8. The van der Waals surface area contributed by atoms with Gasteiger partial charge in [0.2, 0.25) is 5.95 Å². The van der Waals surface area contributed by atoms with Gasteiger partial charge in [0.25, 0.3) is 5.91 Å². The van der Waals surface area contributed by atoms with Gasteiger partial charge in [-0.1, -0.05) is 24.3 Å². The second-order valence-corrected chi connectivity index (χ2v) is 8.16. The van der Waals surface area contributed by atoms with E-state index in [0.717, 1.165) is 30.0 Å². The molecule has 0 unspecified atom stereocenters. The average Bonchev–Trinajstić information content (AvgIpc) is 3.26. The Morgan fingerprint density at radius 1 is 0.941 bits per heavy atom. The van der Waals surface area contributed by atoms with Crippen LogP contribution >= 0.6 is 0 Å². The number of piperazine rings is 1. The molecule has 4 aromatic rings. The van der Waals surface area contributed by atoms with Crippen LogP contribution < -0.4 is 15.0 Å². The van der Waals surface area contributed by atoms with Crippen LogP contribution in [0.4, 0.5) is 17.7 Å². The lowest BCUT2D eigenvalue weighted by Gasteiger charge is -2.36. The molecule has 1 amide bonds. The summed E-state index contributed by atoms with van der Waals surface area (Å²) in [6, 6.07) is 15.8. The molecule has 0 radical (unpaired) electrons. The number of hydrogen-bond donors (Lipinski definition) is 1. The smallest absolute Gasteiger partial charge is 0.302 e. The van der Waals surface area contributed by atoms with Crippen LogP contribution in [-0.4, -0.2) is 59.0 Å². The molecule has 2 aromatic heterocycles. The van der Waals surface area contributed by atoms with Gasteiger partial charge in [0.05, 0.1) is 29.7 Å². The van der Waals surface area contributed by atoms with E-state index in [1.807, 2.05) is 67.3 Å². The molecule has 1 N–H and O–H groups in total. The molecule has 1 saturated heterocycles. The van der Waals surface area contributed by atoms with Gasteiger partial charge in [-0.3, -0.25) is 10.1 Å². The van der Waals surface area contributed by atoms with Crippen molar-refractivity contribution in [2.24, 2.45) is 0 Å². The SMILES string of the molecule is COc1ccccc1N1CCN(C(=O)c2c(C)nc(Nc3nc4ccccc4o3)nc2C)CC1. The van der Waals surface area contributed by atoms with E-state index in [2.05, 4.69) is 25.2 Å². The molecule has 0 saturated carbocycles. The number of para-hydroxylation sites is 4. The zero-order valence-corrected chi connectivity index (χ0v) is 19.4. The van der Waals surface area contributed by atoms with Crippen molar-refractivity contribution < 1.29 is 13.9 Å². The summed E-state index contributed by atoms with van der Waals surface area (Å²) in [4.78, 5) is 30.9. The maximum absolute atomic E-state index is 13.3. The van der Waals surface area contributed by atoms with Gasteiger partial charge in [0.1, 0.15) is 11.3 Å². The van der Waals surface area contributed by atoms with Crippen LogP contribution in [0.1, 0.15) is 21.7 Å². The summed E-state index contributed by atoms with van der Waals surface area (Å²) < 4.78 is 11.2. The lowest BCUT2D eigenvalue weighted by molar-refractivity contribution is 0.0744. The van der Waals surface area contributed by atoms with E-state index in [0.29, 0.717) is 47.6 Å². The van der Waals surface area contributed by atoms with Gasteiger partial charge >= 0.3 is 6.01 Å². The van der Waals surface area contributed by atoms with Crippen molar-refractivity contribution >= 4 is 34.7 Å². The van der Waals surface area contributed by atoms with Crippen LogP contribution in [-0.2, 0) is 0 Å². The average molecular weight is 459 g/mol. The first-order valence-electron chi connectivity index (χ1n) is 11.2. The van der Waals surface area contributed by atoms with E-state index in [1.54, 1.807) is 7.11 Å². The zero-order chi connectivity index (χ0) is 23.7. The number of ether oxygens (including phenoxy) is 1. The topological polar surface area (TPSA) is 96.6 Å². The molecule has 0 spiro atoms. The van der Waals surface area contributed by atoms with E-state index in [9.17, 15) is 4.79 Å². The van der Waals surface area contributed by atoms with Crippen molar-refractivity contribution in [2.45, 2.75) is 13.8 Å². The Hall–Kier alpha value is -4.14. The number of nitrogens with one attached hydrogen (secondary N) is 1. The number of carbonyl (C=O) groups is 1. The maximum atomic E-state index is 13.3. The molecular formula is C25H26N6O3. The molecular weight excluding hydrogens is 432 g/mol. The molecule has 0 bridgehead atoms. The summed E-state index contributed by atoms with van der Waals surface area (Å²) in [5.41, 5.74) is 4.23. The molecule has 0 atom stereocenters. The van der Waals surface area contributed by atoms with Crippen LogP contribution in [0.15, 0.2) is 52.9 Å². The van der Waals surface area contributed by atoms with Gasteiger partial charge in [0.15, 0.2) is 5.58 Å². The van der Waals surface area contributed by atoms with Crippen molar-refractivity contribution in [2.75, 3.05) is 43.5 Å². The summed E-state index contributed by atoms with van der Waals surface area (Å²) in [5.74, 6) is 1.13.